The van der Waals surface area contributed by atoms with Gasteiger partial charge in [0.15, 0.2) is 0 Å². The summed E-state index contributed by atoms with van der Waals surface area (Å²) in [6.07, 6.45) is -0.256. The summed E-state index contributed by atoms with van der Waals surface area (Å²) in [4.78, 5) is 10.9. The van der Waals surface area contributed by atoms with Crippen molar-refractivity contribution in [3.05, 3.63) is 35.4 Å². The second-order valence-corrected chi connectivity index (χ2v) is 3.02. The minimum absolute atomic E-state index is 0. The Labute approximate surface area is 98.0 Å². The van der Waals surface area contributed by atoms with Crippen molar-refractivity contribution < 1.29 is 18.3 Å². The van der Waals surface area contributed by atoms with Gasteiger partial charge in [0, 0.05) is 11.6 Å². The smallest absolute Gasteiger partial charge is 0.307 e. The highest BCUT2D eigenvalue weighted by atomic mass is 35.5. The van der Waals surface area contributed by atoms with E-state index in [0.29, 0.717) is 0 Å². The zero-order chi connectivity index (χ0) is 11.4. The summed E-state index contributed by atoms with van der Waals surface area (Å²) in [6, 6.07) is 2.39. The van der Waals surface area contributed by atoms with Crippen molar-refractivity contribution in [2.45, 2.75) is 12.5 Å². The molecule has 0 saturated heterocycles. The third kappa shape index (κ3) is 3.43. The van der Waals surface area contributed by atoms with Gasteiger partial charge in [-0.05, 0) is 12.1 Å². The predicted molar refractivity (Wildman–Crippen MR) is 57.2 cm³/mol. The minimum atomic E-state index is -1.03. The summed E-state index contributed by atoms with van der Waals surface area (Å²) in [7, 11) is 1.19. The minimum Gasteiger partial charge on any atom is -0.469 e. The van der Waals surface area contributed by atoms with E-state index < -0.39 is 23.6 Å². The fourth-order valence-electron chi connectivity index (χ4n) is 1.23. The van der Waals surface area contributed by atoms with Crippen LogP contribution in [0.1, 0.15) is 18.0 Å². The lowest BCUT2D eigenvalue weighted by Gasteiger charge is -2.12. The number of hydrogen-bond donors (Lipinski definition) is 1. The molecule has 0 bridgehead atoms. The molecule has 0 spiro atoms. The molecule has 1 atom stereocenters. The molecule has 2 N–H and O–H groups in total. The van der Waals surface area contributed by atoms with Gasteiger partial charge >= 0.3 is 5.97 Å². The Hall–Kier alpha value is -1.20. The first kappa shape index (κ1) is 14.8. The van der Waals surface area contributed by atoms with Crippen molar-refractivity contribution in [3.63, 3.8) is 0 Å². The summed E-state index contributed by atoms with van der Waals surface area (Å²) < 4.78 is 30.7. The highest BCUT2D eigenvalue weighted by molar-refractivity contribution is 5.85. The molecule has 0 amide bonds. The van der Waals surface area contributed by atoms with Gasteiger partial charge in [0.05, 0.1) is 13.5 Å². The third-order valence-corrected chi connectivity index (χ3v) is 1.98. The fraction of sp³-hybridized carbons (Fsp3) is 0.300. The predicted octanol–water partition coefficient (Wildman–Crippen LogP) is 1.95. The molecule has 0 radical (unpaired) electrons. The van der Waals surface area contributed by atoms with Crippen LogP contribution in [-0.2, 0) is 9.53 Å². The lowest BCUT2D eigenvalue weighted by Crippen LogP contribution is -2.19. The summed E-state index contributed by atoms with van der Waals surface area (Å²) in [6.45, 7) is 0. The Morgan fingerprint density at radius 1 is 1.44 bits per heavy atom. The summed E-state index contributed by atoms with van der Waals surface area (Å²) in [5.41, 5.74) is 5.20. The molecule has 1 aromatic rings. The molecule has 16 heavy (non-hydrogen) atoms. The van der Waals surface area contributed by atoms with Crippen molar-refractivity contribution in [3.8, 4) is 0 Å². The molecule has 0 fully saturated rings. The number of methoxy groups -OCH3 is 1. The molecule has 6 heteroatoms. The van der Waals surface area contributed by atoms with Crippen LogP contribution in [0.2, 0.25) is 0 Å². The van der Waals surface area contributed by atoms with Crippen LogP contribution in [0.5, 0.6) is 0 Å². The van der Waals surface area contributed by atoms with Gasteiger partial charge in [-0.2, -0.15) is 0 Å². The number of carbonyl (C=O) groups excluding carboxylic acids is 1. The molecular weight excluding hydrogens is 240 g/mol. The quantitative estimate of drug-likeness (QED) is 0.836. The number of halogens is 3. The summed E-state index contributed by atoms with van der Waals surface area (Å²) >= 11 is 0. The van der Waals surface area contributed by atoms with Crippen LogP contribution in [0.15, 0.2) is 18.2 Å². The van der Waals surface area contributed by atoms with Gasteiger partial charge < -0.3 is 10.5 Å². The fourth-order valence-corrected chi connectivity index (χ4v) is 1.23. The summed E-state index contributed by atoms with van der Waals surface area (Å²) in [5.74, 6) is -2.12. The molecule has 0 aliphatic carbocycles. The summed E-state index contributed by atoms with van der Waals surface area (Å²) in [5, 5.41) is 0. The van der Waals surface area contributed by atoms with E-state index in [1.165, 1.54) is 13.2 Å². The first-order valence-electron chi connectivity index (χ1n) is 4.32. The maximum atomic E-state index is 13.2. The van der Waals surface area contributed by atoms with Gasteiger partial charge in [0.25, 0.3) is 0 Å². The van der Waals surface area contributed by atoms with Gasteiger partial charge in [-0.3, -0.25) is 4.79 Å². The van der Waals surface area contributed by atoms with E-state index in [1.807, 2.05) is 0 Å². The highest BCUT2D eigenvalue weighted by Gasteiger charge is 2.19. The van der Waals surface area contributed by atoms with Gasteiger partial charge in [0.2, 0.25) is 0 Å². The largest absolute Gasteiger partial charge is 0.469 e. The molecular formula is C10H12ClF2NO2. The average Bonchev–Trinajstić information content (AvgIpc) is 2.17. The standard InChI is InChI=1S/C10H11F2NO2.ClH/c1-15-9(14)5-8(13)10-6(11)3-2-4-7(10)12;/h2-4,8H,5,13H2,1H3;1H. The van der Waals surface area contributed by atoms with Crippen molar-refractivity contribution in [2.24, 2.45) is 5.73 Å². The first-order chi connectivity index (χ1) is 7.06. The molecule has 0 saturated carbocycles. The molecule has 3 nitrogen and oxygen atoms in total. The van der Waals surface area contributed by atoms with Crippen LogP contribution in [-0.4, -0.2) is 13.1 Å². The van der Waals surface area contributed by atoms with Crippen LogP contribution in [0.4, 0.5) is 8.78 Å². The van der Waals surface area contributed by atoms with Crippen LogP contribution >= 0.6 is 12.4 Å². The van der Waals surface area contributed by atoms with Gasteiger partial charge in [0.1, 0.15) is 11.6 Å². The van der Waals surface area contributed by atoms with Crippen LogP contribution in [0.25, 0.3) is 0 Å². The highest BCUT2D eigenvalue weighted by Crippen LogP contribution is 2.21. The molecule has 1 unspecified atom stereocenters. The normalized spacial score (nSPS) is 11.5. The lowest BCUT2D eigenvalue weighted by atomic mass is 10.0. The molecule has 1 aromatic carbocycles. The van der Waals surface area contributed by atoms with Crippen molar-refractivity contribution in [2.75, 3.05) is 7.11 Å². The number of hydrogen-bond acceptors (Lipinski definition) is 3. The number of ether oxygens (including phenoxy) is 1. The Bertz CT molecular complexity index is 354. The topological polar surface area (TPSA) is 52.3 Å². The van der Waals surface area contributed by atoms with Crippen LogP contribution in [0, 0.1) is 11.6 Å². The Kier molecular flexibility index (Phi) is 5.92. The maximum absolute atomic E-state index is 13.2. The first-order valence-corrected chi connectivity index (χ1v) is 4.32. The van der Waals surface area contributed by atoms with E-state index in [-0.39, 0.29) is 24.4 Å². The number of rotatable bonds is 3. The third-order valence-electron chi connectivity index (χ3n) is 1.98. The van der Waals surface area contributed by atoms with Crippen molar-refractivity contribution in [1.82, 2.24) is 0 Å². The lowest BCUT2D eigenvalue weighted by molar-refractivity contribution is -0.141. The molecule has 0 aliphatic rings. The second-order valence-electron chi connectivity index (χ2n) is 3.02. The Morgan fingerprint density at radius 3 is 2.38 bits per heavy atom. The number of carbonyl (C=O) groups is 1. The van der Waals surface area contributed by atoms with Gasteiger partial charge in [-0.25, -0.2) is 8.78 Å². The number of nitrogens with two attached hydrogens (primary N) is 1. The van der Waals surface area contributed by atoms with E-state index in [2.05, 4.69) is 4.74 Å². The second kappa shape index (κ2) is 6.40. The zero-order valence-corrected chi connectivity index (χ0v) is 9.39. The van der Waals surface area contributed by atoms with E-state index in [0.717, 1.165) is 12.1 Å². The molecule has 90 valence electrons. The van der Waals surface area contributed by atoms with Gasteiger partial charge in [-0.1, -0.05) is 6.07 Å². The monoisotopic (exact) mass is 251 g/mol. The molecule has 1 rings (SSSR count). The Balaban J connectivity index is 0.00000225. The van der Waals surface area contributed by atoms with Crippen molar-refractivity contribution >= 4 is 18.4 Å². The Morgan fingerprint density at radius 2 is 1.94 bits per heavy atom. The SMILES string of the molecule is COC(=O)CC(N)c1c(F)cccc1F.Cl. The molecule has 0 heterocycles. The zero-order valence-electron chi connectivity index (χ0n) is 8.57. The van der Waals surface area contributed by atoms with E-state index in [1.54, 1.807) is 0 Å². The average molecular weight is 252 g/mol. The van der Waals surface area contributed by atoms with E-state index in [4.69, 9.17) is 5.73 Å². The number of esters is 1. The van der Waals surface area contributed by atoms with E-state index >= 15 is 0 Å². The van der Waals surface area contributed by atoms with Gasteiger partial charge in [-0.15, -0.1) is 12.4 Å². The molecule has 0 aliphatic heterocycles. The van der Waals surface area contributed by atoms with E-state index in [9.17, 15) is 13.6 Å². The van der Waals surface area contributed by atoms with Crippen LogP contribution in [0.3, 0.4) is 0 Å². The molecule has 0 aromatic heterocycles. The van der Waals surface area contributed by atoms with Crippen molar-refractivity contribution in [1.29, 1.82) is 0 Å². The number of benzene rings is 1. The van der Waals surface area contributed by atoms with Crippen LogP contribution < -0.4 is 5.73 Å². The maximum Gasteiger partial charge on any atom is 0.307 e.